The summed E-state index contributed by atoms with van der Waals surface area (Å²) in [6.07, 6.45) is 5.77. The first kappa shape index (κ1) is 43.6. The molecule has 0 aromatic heterocycles. The van der Waals surface area contributed by atoms with Crippen molar-refractivity contribution in [3.8, 4) is 23.7 Å². The topological polar surface area (TPSA) is 161 Å². The molecule has 1 saturated carbocycles. The van der Waals surface area contributed by atoms with Gasteiger partial charge in [-0.1, -0.05) is 45.2 Å². The van der Waals surface area contributed by atoms with E-state index in [1.54, 1.807) is 18.2 Å². The molecular formula is C43H60ClN5O7. The van der Waals surface area contributed by atoms with Gasteiger partial charge in [0, 0.05) is 73.7 Å². The molecule has 0 radical (unpaired) electrons. The highest BCUT2D eigenvalue weighted by Gasteiger charge is 2.70. The molecule has 3 aliphatic heterocycles. The fourth-order valence-electron chi connectivity index (χ4n) is 10.7. The van der Waals surface area contributed by atoms with Crippen LogP contribution in [0.3, 0.4) is 0 Å². The van der Waals surface area contributed by atoms with Gasteiger partial charge in [-0.05, 0) is 64.6 Å². The van der Waals surface area contributed by atoms with Crippen molar-refractivity contribution < 1.29 is 33.8 Å². The third-order valence-corrected chi connectivity index (χ3v) is 13.4. The van der Waals surface area contributed by atoms with Gasteiger partial charge in [0.2, 0.25) is 17.7 Å². The van der Waals surface area contributed by atoms with E-state index in [9.17, 15) is 29.5 Å². The maximum Gasteiger partial charge on any atom is 0.231 e. The third-order valence-electron chi connectivity index (χ3n) is 13.1. The van der Waals surface area contributed by atoms with E-state index in [-0.39, 0.29) is 72.0 Å². The predicted octanol–water partition coefficient (Wildman–Crippen LogP) is 4.50. The van der Waals surface area contributed by atoms with Crippen molar-refractivity contribution in [3.63, 3.8) is 0 Å². The van der Waals surface area contributed by atoms with Crippen LogP contribution >= 0.6 is 11.6 Å². The number of hydrogen-bond acceptors (Lipinski definition) is 10. The number of aliphatic hydroxyl groups is 1. The van der Waals surface area contributed by atoms with Crippen LogP contribution in [0.25, 0.3) is 0 Å². The zero-order valence-electron chi connectivity index (χ0n) is 33.9. The van der Waals surface area contributed by atoms with Gasteiger partial charge in [-0.25, -0.2) is 0 Å². The molecule has 3 amide bonds. The van der Waals surface area contributed by atoms with Gasteiger partial charge in [0.1, 0.15) is 24.2 Å². The van der Waals surface area contributed by atoms with Gasteiger partial charge in [-0.2, -0.15) is 5.26 Å². The van der Waals surface area contributed by atoms with Gasteiger partial charge in [0.25, 0.3) is 0 Å². The zero-order valence-corrected chi connectivity index (χ0v) is 34.7. The van der Waals surface area contributed by atoms with E-state index in [0.29, 0.717) is 74.9 Å². The molecule has 0 spiro atoms. The highest BCUT2D eigenvalue weighted by atomic mass is 35.5. The molecule has 3 saturated heterocycles. The van der Waals surface area contributed by atoms with Crippen LogP contribution in [0.5, 0.6) is 5.75 Å². The molecule has 5 rings (SSSR count). The number of nitrogens with zero attached hydrogens (tertiary/aromatic N) is 3. The second-order valence-corrected chi connectivity index (χ2v) is 18.1. The van der Waals surface area contributed by atoms with Crippen molar-refractivity contribution in [2.24, 2.45) is 28.6 Å². The first-order valence-corrected chi connectivity index (χ1v) is 20.5. The molecule has 3 heterocycles. The molecule has 13 heteroatoms. The summed E-state index contributed by atoms with van der Waals surface area (Å²) < 4.78 is 12.3. The quantitative estimate of drug-likeness (QED) is 0.106. The number of likely N-dealkylation sites (tertiary alicyclic amines) is 2. The summed E-state index contributed by atoms with van der Waals surface area (Å²) in [5.41, 5.74) is -1.74. The van der Waals surface area contributed by atoms with E-state index < -0.39 is 17.0 Å². The van der Waals surface area contributed by atoms with Gasteiger partial charge in [-0.15, -0.1) is 5.92 Å². The number of rotatable bonds is 14. The summed E-state index contributed by atoms with van der Waals surface area (Å²) in [7, 11) is 0. The molecule has 1 aromatic rings. The molecule has 4 aliphatic rings. The number of benzene rings is 1. The Labute approximate surface area is 337 Å². The Bertz CT molecular complexity index is 1710. The maximum absolute atomic E-state index is 13.0. The Morgan fingerprint density at radius 3 is 2.43 bits per heavy atom. The van der Waals surface area contributed by atoms with Crippen LogP contribution in [0, 0.1) is 51.8 Å². The fourth-order valence-corrected chi connectivity index (χ4v) is 11.0. The van der Waals surface area contributed by atoms with Crippen LogP contribution in [-0.2, 0) is 23.9 Å². The van der Waals surface area contributed by atoms with Crippen LogP contribution in [0.4, 0.5) is 0 Å². The van der Waals surface area contributed by atoms with Crippen molar-refractivity contribution in [2.75, 3.05) is 46.0 Å². The van der Waals surface area contributed by atoms with Gasteiger partial charge < -0.3 is 24.7 Å². The number of piperidine rings is 3. The number of carbonyl (C=O) groups is 4. The number of carbonyl (C=O) groups excluding carboxylic acids is 4. The summed E-state index contributed by atoms with van der Waals surface area (Å²) in [4.78, 5) is 54.3. The Kier molecular flexibility index (Phi) is 14.0. The summed E-state index contributed by atoms with van der Waals surface area (Å²) >= 11 is 6.30. The minimum atomic E-state index is -0.765. The lowest BCUT2D eigenvalue weighted by Crippen LogP contribution is -2.76. The molecule has 1 aliphatic carbocycles. The Hall–Kier alpha value is -3.52. The van der Waals surface area contributed by atoms with Crippen LogP contribution < -0.4 is 15.4 Å². The lowest BCUT2D eigenvalue weighted by atomic mass is 9.41. The second kappa shape index (κ2) is 18.0. The van der Waals surface area contributed by atoms with Crippen LogP contribution in [0.2, 0.25) is 5.02 Å². The highest BCUT2D eigenvalue weighted by molar-refractivity contribution is 6.31. The van der Waals surface area contributed by atoms with Crippen molar-refractivity contribution >= 4 is 35.6 Å². The first-order valence-electron chi connectivity index (χ1n) is 20.1. The number of imide groups is 1. The average Bonchev–Trinajstić information content (AvgIpc) is 3.16. The Morgan fingerprint density at radius 1 is 1.09 bits per heavy atom. The lowest BCUT2D eigenvalue weighted by Gasteiger charge is -2.69. The molecule has 0 bridgehead atoms. The van der Waals surface area contributed by atoms with Crippen molar-refractivity contribution in [1.29, 1.82) is 5.26 Å². The van der Waals surface area contributed by atoms with Crippen molar-refractivity contribution in [1.82, 2.24) is 20.4 Å². The maximum atomic E-state index is 13.0. The van der Waals surface area contributed by atoms with E-state index in [1.165, 1.54) is 0 Å². The lowest BCUT2D eigenvalue weighted by molar-refractivity contribution is -0.240. The average molecular weight is 794 g/mol. The third kappa shape index (κ3) is 9.11. The van der Waals surface area contributed by atoms with E-state index in [0.717, 1.165) is 25.7 Å². The second-order valence-electron chi connectivity index (χ2n) is 17.7. The smallest absolute Gasteiger partial charge is 0.231 e. The monoisotopic (exact) mass is 793 g/mol. The van der Waals surface area contributed by atoms with E-state index >= 15 is 0 Å². The molecule has 3 N–H and O–H groups in total. The number of nitriles is 1. The molecule has 1 aromatic carbocycles. The number of aliphatic hydroxyl groups excluding tert-OH is 1. The van der Waals surface area contributed by atoms with Crippen LogP contribution in [0.15, 0.2) is 18.2 Å². The predicted molar refractivity (Wildman–Crippen MR) is 212 cm³/mol. The van der Waals surface area contributed by atoms with E-state index in [2.05, 4.69) is 73.0 Å². The Balaban J connectivity index is 1.03. The normalized spacial score (nSPS) is 27.6. The molecule has 4 atom stereocenters. The van der Waals surface area contributed by atoms with Crippen LogP contribution in [0.1, 0.15) is 98.5 Å². The number of nitrogens with one attached hydrogen (secondary N) is 2. The molecular weight excluding hydrogens is 734 g/mol. The summed E-state index contributed by atoms with van der Waals surface area (Å²) in [5, 5.41) is 25.4. The first-order chi connectivity index (χ1) is 26.5. The molecule has 4 unspecified atom stereocenters. The zero-order chi connectivity index (χ0) is 40.9. The summed E-state index contributed by atoms with van der Waals surface area (Å²) in [5.74, 6) is 6.33. The molecule has 306 valence electrons. The van der Waals surface area contributed by atoms with Crippen molar-refractivity contribution in [2.45, 2.75) is 116 Å². The summed E-state index contributed by atoms with van der Waals surface area (Å²) in [6.45, 7) is 15.9. The van der Waals surface area contributed by atoms with Crippen LogP contribution in [-0.4, -0.2) is 108 Å². The van der Waals surface area contributed by atoms with Gasteiger partial charge >= 0.3 is 0 Å². The largest absolute Gasteiger partial charge is 0.489 e. The SMILES string of the molecule is CC1(C)C(Oc2ccc(C#N)c(Cl)c2)C(C)(C)C1C(C)(C=O)N1CCCC(C#CCCOCCC(=O)NC2CCN(C(C)(CO)C3CCC(=O)NC3=O)CC2)C1. The van der Waals surface area contributed by atoms with E-state index in [4.69, 9.17) is 21.1 Å². The standard InChI is InChI=1S/C43H60ClN5O7/c1-40(2)38(41(3,4)39(40)56-32-13-12-30(25-45)34(44)24-32)43(6,28-51)49-19-9-11-29(26-49)10-7-8-22-55-23-18-36(53)46-31-16-20-48(21-17-31)42(5,27-50)33-14-15-35(52)47-37(33)54/h12-13,24,28-29,31,33,38-39,50H,8-9,11,14-23,26-27H2,1-6H3,(H,46,53)(H,47,52,54). The molecule has 56 heavy (non-hydrogen) atoms. The summed E-state index contributed by atoms with van der Waals surface area (Å²) in [6, 6.07) is 7.22. The van der Waals surface area contributed by atoms with Gasteiger partial charge in [0.15, 0.2) is 0 Å². The van der Waals surface area contributed by atoms with Gasteiger partial charge in [0.05, 0.1) is 47.4 Å². The van der Waals surface area contributed by atoms with Crippen molar-refractivity contribution in [3.05, 3.63) is 28.8 Å². The number of amides is 3. The number of halogens is 1. The highest BCUT2D eigenvalue weighted by Crippen LogP contribution is 2.64. The van der Waals surface area contributed by atoms with E-state index in [1.807, 2.05) is 6.92 Å². The molecule has 4 fully saturated rings. The minimum absolute atomic E-state index is 0.00941. The number of aldehydes is 1. The Morgan fingerprint density at radius 2 is 1.80 bits per heavy atom. The van der Waals surface area contributed by atoms with Gasteiger partial charge in [-0.3, -0.25) is 29.5 Å². The number of hydrogen-bond donors (Lipinski definition) is 3. The molecule has 12 nitrogen and oxygen atoms in total. The minimum Gasteiger partial charge on any atom is -0.489 e. The fraction of sp³-hybridized carbons (Fsp3) is 0.698. The number of ether oxygens (including phenoxy) is 2.